The molecule has 2 aromatic rings. The Hall–Kier alpha value is -2.54. The predicted molar refractivity (Wildman–Crippen MR) is 109 cm³/mol. The highest BCUT2D eigenvalue weighted by Gasteiger charge is 2.26. The lowest BCUT2D eigenvalue weighted by molar-refractivity contribution is 0.0693. The summed E-state index contributed by atoms with van der Waals surface area (Å²) in [6.45, 7) is 5.34. The van der Waals surface area contributed by atoms with Gasteiger partial charge in [0.05, 0.1) is 23.3 Å². The second kappa shape index (κ2) is 8.22. The molecule has 0 spiro atoms. The molecule has 150 valence electrons. The lowest BCUT2D eigenvalue weighted by atomic mass is 9.98. The zero-order valence-electron chi connectivity index (χ0n) is 16.4. The van der Waals surface area contributed by atoms with Crippen molar-refractivity contribution in [1.82, 2.24) is 4.90 Å². The number of methoxy groups -OCH3 is 1. The largest absolute Gasteiger partial charge is 0.496 e. The molecule has 1 amide bonds. The number of amides is 1. The van der Waals surface area contributed by atoms with Gasteiger partial charge in [0.25, 0.3) is 15.9 Å². The van der Waals surface area contributed by atoms with Crippen LogP contribution in [0.4, 0.5) is 5.69 Å². The van der Waals surface area contributed by atoms with E-state index in [1.165, 1.54) is 25.3 Å². The first-order valence-corrected chi connectivity index (χ1v) is 10.9. The molecule has 0 saturated carbocycles. The van der Waals surface area contributed by atoms with Gasteiger partial charge in [0.15, 0.2) is 0 Å². The second-order valence-corrected chi connectivity index (χ2v) is 8.94. The van der Waals surface area contributed by atoms with E-state index in [4.69, 9.17) is 4.74 Å². The summed E-state index contributed by atoms with van der Waals surface area (Å²) in [5.41, 5.74) is 1.60. The zero-order valence-corrected chi connectivity index (χ0v) is 17.3. The maximum Gasteiger partial charge on any atom is 0.261 e. The molecule has 3 rings (SSSR count). The van der Waals surface area contributed by atoms with Crippen molar-refractivity contribution in [2.75, 3.05) is 24.9 Å². The fourth-order valence-electron chi connectivity index (χ4n) is 3.29. The monoisotopic (exact) mass is 402 g/mol. The van der Waals surface area contributed by atoms with Gasteiger partial charge >= 0.3 is 0 Å². The molecule has 0 aliphatic carbocycles. The van der Waals surface area contributed by atoms with Crippen molar-refractivity contribution in [3.8, 4) is 5.75 Å². The highest BCUT2D eigenvalue weighted by Crippen LogP contribution is 2.27. The molecular weight excluding hydrogens is 376 g/mol. The van der Waals surface area contributed by atoms with Crippen LogP contribution >= 0.6 is 0 Å². The van der Waals surface area contributed by atoms with Gasteiger partial charge in [-0.3, -0.25) is 9.52 Å². The number of para-hydroxylation sites is 1. The molecule has 2 aromatic carbocycles. The van der Waals surface area contributed by atoms with Crippen molar-refractivity contribution < 1.29 is 17.9 Å². The number of carbonyl (C=O) groups is 1. The summed E-state index contributed by atoms with van der Waals surface area (Å²) in [5, 5.41) is 0. The number of piperidine rings is 1. The lowest BCUT2D eigenvalue weighted by Crippen LogP contribution is -2.38. The fourth-order valence-corrected chi connectivity index (χ4v) is 4.45. The summed E-state index contributed by atoms with van der Waals surface area (Å²) < 4.78 is 33.7. The molecule has 1 saturated heterocycles. The van der Waals surface area contributed by atoms with E-state index >= 15 is 0 Å². The van der Waals surface area contributed by atoms with E-state index < -0.39 is 10.0 Å². The molecule has 1 fully saturated rings. The van der Waals surface area contributed by atoms with Crippen LogP contribution in [0, 0.1) is 12.8 Å². The number of nitrogens with zero attached hydrogens (tertiary/aromatic N) is 1. The van der Waals surface area contributed by atoms with Gasteiger partial charge in [-0.2, -0.15) is 0 Å². The zero-order chi connectivity index (χ0) is 20.3. The van der Waals surface area contributed by atoms with Gasteiger partial charge in [-0.25, -0.2) is 8.42 Å². The van der Waals surface area contributed by atoms with Crippen molar-refractivity contribution in [1.29, 1.82) is 0 Å². The molecule has 1 N–H and O–H groups in total. The number of sulfonamides is 1. The van der Waals surface area contributed by atoms with E-state index in [2.05, 4.69) is 11.6 Å². The molecule has 6 nitrogen and oxygen atoms in total. The standard InChI is InChI=1S/C21H26N2O4S/c1-15-10-12-23(13-11-15)21(24)18-14-17(8-9-20(18)27-3)28(25,26)22-19-7-5-4-6-16(19)2/h4-9,14-15,22H,10-13H2,1-3H3. The molecule has 28 heavy (non-hydrogen) atoms. The Morgan fingerprint density at radius 3 is 2.46 bits per heavy atom. The van der Waals surface area contributed by atoms with Crippen molar-refractivity contribution in [2.24, 2.45) is 5.92 Å². The van der Waals surface area contributed by atoms with Crippen LogP contribution in [0.5, 0.6) is 5.75 Å². The molecule has 1 aliphatic heterocycles. The Labute approximate surface area is 166 Å². The summed E-state index contributed by atoms with van der Waals surface area (Å²) in [4.78, 5) is 14.8. The summed E-state index contributed by atoms with van der Waals surface area (Å²) in [6.07, 6.45) is 1.89. The molecule has 1 aliphatic rings. The van der Waals surface area contributed by atoms with Crippen LogP contribution in [-0.2, 0) is 10.0 Å². The molecule has 0 radical (unpaired) electrons. The summed E-state index contributed by atoms with van der Waals surface area (Å²) >= 11 is 0. The van der Waals surface area contributed by atoms with Crippen LogP contribution in [0.15, 0.2) is 47.4 Å². The van der Waals surface area contributed by atoms with Gasteiger partial charge in [-0.1, -0.05) is 25.1 Å². The van der Waals surface area contributed by atoms with Crippen LogP contribution in [-0.4, -0.2) is 39.4 Å². The quantitative estimate of drug-likeness (QED) is 0.828. The summed E-state index contributed by atoms with van der Waals surface area (Å²) in [5.74, 6) is 0.770. The van der Waals surface area contributed by atoms with Crippen LogP contribution in [0.25, 0.3) is 0 Å². The maximum absolute atomic E-state index is 13.0. The van der Waals surface area contributed by atoms with Crippen molar-refractivity contribution in [3.05, 3.63) is 53.6 Å². The van der Waals surface area contributed by atoms with E-state index in [1.807, 2.05) is 19.1 Å². The third-order valence-corrected chi connectivity index (χ3v) is 6.54. The van der Waals surface area contributed by atoms with Gasteiger partial charge in [0, 0.05) is 13.1 Å². The maximum atomic E-state index is 13.0. The van der Waals surface area contributed by atoms with E-state index in [0.29, 0.717) is 30.4 Å². The highest BCUT2D eigenvalue weighted by atomic mass is 32.2. The Balaban J connectivity index is 1.92. The number of ether oxygens (including phenoxy) is 1. The van der Waals surface area contributed by atoms with Crippen molar-refractivity contribution in [3.63, 3.8) is 0 Å². The number of nitrogens with one attached hydrogen (secondary N) is 1. The molecule has 0 atom stereocenters. The van der Waals surface area contributed by atoms with Gasteiger partial charge < -0.3 is 9.64 Å². The summed E-state index contributed by atoms with van der Waals surface area (Å²) in [6, 6.07) is 11.5. The van der Waals surface area contributed by atoms with Gasteiger partial charge in [0.2, 0.25) is 0 Å². The van der Waals surface area contributed by atoms with E-state index in [1.54, 1.807) is 17.0 Å². The third-order valence-electron chi connectivity index (χ3n) is 5.17. The molecule has 0 aromatic heterocycles. The summed E-state index contributed by atoms with van der Waals surface area (Å²) in [7, 11) is -2.36. The minimum atomic E-state index is -3.83. The Bertz CT molecular complexity index is 964. The molecule has 7 heteroatoms. The van der Waals surface area contributed by atoms with E-state index in [9.17, 15) is 13.2 Å². The van der Waals surface area contributed by atoms with Crippen LogP contribution in [0.1, 0.15) is 35.7 Å². The Morgan fingerprint density at radius 1 is 1.14 bits per heavy atom. The van der Waals surface area contributed by atoms with Gasteiger partial charge in [0.1, 0.15) is 5.75 Å². The minimum Gasteiger partial charge on any atom is -0.496 e. The number of carbonyl (C=O) groups excluding carboxylic acids is 1. The molecular formula is C21H26N2O4S. The first-order chi connectivity index (χ1) is 13.3. The average molecular weight is 403 g/mol. The van der Waals surface area contributed by atoms with Crippen LogP contribution in [0.3, 0.4) is 0 Å². The Kier molecular flexibility index (Phi) is 5.93. The lowest BCUT2D eigenvalue weighted by Gasteiger charge is -2.30. The minimum absolute atomic E-state index is 0.0327. The number of benzene rings is 2. The number of hydrogen-bond acceptors (Lipinski definition) is 4. The van der Waals surface area contributed by atoms with Crippen LogP contribution < -0.4 is 9.46 Å². The fraction of sp³-hybridized carbons (Fsp3) is 0.381. The van der Waals surface area contributed by atoms with Gasteiger partial charge in [-0.15, -0.1) is 0 Å². The number of rotatable bonds is 5. The Morgan fingerprint density at radius 2 is 1.82 bits per heavy atom. The number of hydrogen-bond donors (Lipinski definition) is 1. The van der Waals surface area contributed by atoms with E-state index in [-0.39, 0.29) is 16.4 Å². The normalized spacial score (nSPS) is 15.3. The highest BCUT2D eigenvalue weighted by molar-refractivity contribution is 7.92. The number of anilines is 1. The van der Waals surface area contributed by atoms with Crippen molar-refractivity contribution >= 4 is 21.6 Å². The molecule has 0 unspecified atom stereocenters. The SMILES string of the molecule is COc1ccc(S(=O)(=O)Nc2ccccc2C)cc1C(=O)N1CCC(C)CC1. The number of aryl methyl sites for hydroxylation is 1. The van der Waals surface area contributed by atoms with Crippen LogP contribution in [0.2, 0.25) is 0 Å². The molecule has 0 bridgehead atoms. The van der Waals surface area contributed by atoms with E-state index in [0.717, 1.165) is 18.4 Å². The average Bonchev–Trinajstić information content (AvgIpc) is 2.69. The third kappa shape index (κ3) is 4.30. The predicted octanol–water partition coefficient (Wildman–Crippen LogP) is 3.68. The second-order valence-electron chi connectivity index (χ2n) is 7.26. The topological polar surface area (TPSA) is 75.7 Å². The van der Waals surface area contributed by atoms with Crippen molar-refractivity contribution in [2.45, 2.75) is 31.6 Å². The number of likely N-dealkylation sites (tertiary alicyclic amines) is 1. The van der Waals surface area contributed by atoms with Gasteiger partial charge in [-0.05, 0) is 55.5 Å². The first kappa shape index (κ1) is 20.2. The smallest absolute Gasteiger partial charge is 0.261 e. The first-order valence-electron chi connectivity index (χ1n) is 9.37. The molecule has 1 heterocycles.